The Kier molecular flexibility index (Phi) is 6.87. The van der Waals surface area contributed by atoms with Crippen molar-refractivity contribution < 1.29 is 9.18 Å². The number of hydrogen-bond acceptors (Lipinski definition) is 5. The van der Waals surface area contributed by atoms with Gasteiger partial charge in [-0.15, -0.1) is 11.8 Å². The van der Waals surface area contributed by atoms with Crippen molar-refractivity contribution in [2.45, 2.75) is 17.7 Å². The van der Waals surface area contributed by atoms with E-state index in [0.717, 1.165) is 4.90 Å². The van der Waals surface area contributed by atoms with Crippen molar-refractivity contribution in [1.82, 2.24) is 15.1 Å². The first-order valence-electron chi connectivity index (χ1n) is 9.06. The lowest BCUT2D eigenvalue weighted by Crippen LogP contribution is -2.26. The van der Waals surface area contributed by atoms with Crippen LogP contribution in [0.25, 0.3) is 5.69 Å². The largest absolute Gasteiger partial charge is 0.382 e. The fourth-order valence-corrected chi connectivity index (χ4v) is 3.50. The summed E-state index contributed by atoms with van der Waals surface area (Å²) in [4.78, 5) is 13.0. The highest BCUT2D eigenvalue weighted by molar-refractivity contribution is 8.00. The van der Waals surface area contributed by atoms with Crippen LogP contribution in [-0.4, -0.2) is 28.0 Å². The van der Waals surface area contributed by atoms with Crippen LogP contribution in [0, 0.1) is 17.1 Å². The van der Waals surface area contributed by atoms with Crippen molar-refractivity contribution in [2.24, 2.45) is 0 Å². The van der Waals surface area contributed by atoms with E-state index in [-0.39, 0.29) is 17.5 Å². The van der Waals surface area contributed by atoms with Gasteiger partial charge in [0.05, 0.1) is 17.1 Å². The van der Waals surface area contributed by atoms with E-state index < -0.39 is 0 Å². The minimum absolute atomic E-state index is 0.0456. The lowest BCUT2D eigenvalue weighted by molar-refractivity contribution is -0.118. The molecule has 0 saturated carbocycles. The number of nitrogens with two attached hydrogens (primary N) is 1. The number of halogens is 1. The highest BCUT2D eigenvalue weighted by Gasteiger charge is 2.16. The van der Waals surface area contributed by atoms with Gasteiger partial charge >= 0.3 is 0 Å². The summed E-state index contributed by atoms with van der Waals surface area (Å²) in [6.07, 6.45) is 1.11. The summed E-state index contributed by atoms with van der Waals surface area (Å²) in [7, 11) is 0. The Hall–Kier alpha value is -3.31. The zero-order valence-electron chi connectivity index (χ0n) is 15.6. The van der Waals surface area contributed by atoms with Crippen molar-refractivity contribution in [3.8, 4) is 11.8 Å². The zero-order chi connectivity index (χ0) is 20.6. The summed E-state index contributed by atoms with van der Waals surface area (Å²) in [5, 5.41) is 16.7. The smallest absolute Gasteiger partial charge is 0.230 e. The first-order valence-corrected chi connectivity index (χ1v) is 10.0. The summed E-state index contributed by atoms with van der Waals surface area (Å²) < 4.78 is 14.6. The van der Waals surface area contributed by atoms with E-state index >= 15 is 0 Å². The Morgan fingerprint density at radius 2 is 1.93 bits per heavy atom. The van der Waals surface area contributed by atoms with Gasteiger partial charge in [-0.05, 0) is 49.2 Å². The number of aromatic nitrogens is 2. The lowest BCUT2D eigenvalue weighted by atomic mass is 10.1. The maximum atomic E-state index is 13.1. The van der Waals surface area contributed by atoms with E-state index in [9.17, 15) is 14.4 Å². The van der Waals surface area contributed by atoms with Crippen molar-refractivity contribution in [3.63, 3.8) is 0 Å². The molecule has 0 atom stereocenters. The number of aryl methyl sites for hydroxylation is 1. The first-order chi connectivity index (χ1) is 14.1. The van der Waals surface area contributed by atoms with Crippen LogP contribution in [-0.2, 0) is 11.2 Å². The van der Waals surface area contributed by atoms with Crippen molar-refractivity contribution in [2.75, 3.05) is 18.0 Å². The van der Waals surface area contributed by atoms with Gasteiger partial charge in [0, 0.05) is 11.4 Å². The van der Waals surface area contributed by atoms with Gasteiger partial charge < -0.3 is 11.1 Å². The molecule has 148 valence electrons. The lowest BCUT2D eigenvalue weighted by Gasteiger charge is -2.05. The van der Waals surface area contributed by atoms with E-state index in [1.165, 1.54) is 28.6 Å². The van der Waals surface area contributed by atoms with Crippen LogP contribution in [0.3, 0.4) is 0 Å². The molecule has 6 nitrogen and oxygen atoms in total. The number of rotatable bonds is 8. The molecule has 3 aromatic rings. The highest BCUT2D eigenvalue weighted by Crippen LogP contribution is 2.22. The molecule has 0 aliphatic carbocycles. The van der Waals surface area contributed by atoms with Crippen molar-refractivity contribution in [3.05, 3.63) is 71.7 Å². The molecule has 0 saturated heterocycles. The van der Waals surface area contributed by atoms with Crippen LogP contribution < -0.4 is 11.1 Å². The maximum Gasteiger partial charge on any atom is 0.230 e. The molecule has 3 rings (SSSR count). The SMILES string of the molecule is N#Cc1c(CCCNC(=O)CSc2ccccc2)nn(-c2ccc(F)cc2)c1N. The monoisotopic (exact) mass is 409 g/mol. The number of carbonyl (C=O) groups excluding carboxylic acids is 1. The Morgan fingerprint density at radius 1 is 1.21 bits per heavy atom. The quantitative estimate of drug-likeness (QED) is 0.439. The summed E-state index contributed by atoms with van der Waals surface area (Å²) in [5.41, 5.74) is 7.49. The number of amides is 1. The van der Waals surface area contributed by atoms with E-state index in [0.29, 0.717) is 42.1 Å². The van der Waals surface area contributed by atoms with Crippen LogP contribution in [0.15, 0.2) is 59.5 Å². The van der Waals surface area contributed by atoms with Gasteiger partial charge in [0.2, 0.25) is 5.91 Å². The molecule has 0 radical (unpaired) electrons. The van der Waals surface area contributed by atoms with Gasteiger partial charge in [0.25, 0.3) is 0 Å². The molecule has 8 heteroatoms. The normalized spacial score (nSPS) is 10.5. The number of nitrogen functional groups attached to an aromatic ring is 1. The second kappa shape index (κ2) is 9.75. The number of anilines is 1. The van der Waals surface area contributed by atoms with E-state index in [1.807, 2.05) is 30.3 Å². The Bertz CT molecular complexity index is 1010. The maximum absolute atomic E-state index is 13.1. The van der Waals surface area contributed by atoms with Gasteiger partial charge in [-0.2, -0.15) is 10.4 Å². The van der Waals surface area contributed by atoms with Crippen molar-refractivity contribution in [1.29, 1.82) is 5.26 Å². The average molecular weight is 409 g/mol. The van der Waals surface area contributed by atoms with Gasteiger partial charge in [0.15, 0.2) is 0 Å². The van der Waals surface area contributed by atoms with Gasteiger partial charge in [-0.3, -0.25) is 4.79 Å². The molecule has 0 fully saturated rings. The molecule has 0 aliphatic rings. The molecule has 3 N–H and O–H groups in total. The second-order valence-electron chi connectivity index (χ2n) is 6.26. The van der Waals surface area contributed by atoms with Crippen LogP contribution >= 0.6 is 11.8 Å². The minimum Gasteiger partial charge on any atom is -0.382 e. The molecule has 0 aliphatic heterocycles. The second-order valence-corrected chi connectivity index (χ2v) is 7.31. The fraction of sp³-hybridized carbons (Fsp3) is 0.190. The van der Waals surface area contributed by atoms with Crippen molar-refractivity contribution >= 4 is 23.5 Å². The Balaban J connectivity index is 1.52. The van der Waals surface area contributed by atoms with Crippen LogP contribution in [0.2, 0.25) is 0 Å². The Labute approximate surface area is 172 Å². The topological polar surface area (TPSA) is 96.7 Å². The third-order valence-corrected chi connectivity index (χ3v) is 5.21. The summed E-state index contributed by atoms with van der Waals surface area (Å²) >= 11 is 1.48. The van der Waals surface area contributed by atoms with Crippen LogP contribution in [0.4, 0.5) is 10.2 Å². The molecule has 2 aromatic carbocycles. The molecule has 1 amide bonds. The zero-order valence-corrected chi connectivity index (χ0v) is 16.5. The number of nitriles is 1. The predicted molar refractivity (Wildman–Crippen MR) is 111 cm³/mol. The summed E-state index contributed by atoms with van der Waals surface area (Å²) in [5.74, 6) is 0.161. The predicted octanol–water partition coefficient (Wildman–Crippen LogP) is 3.31. The molecular formula is C21H20FN5OS. The van der Waals surface area contributed by atoms with Crippen LogP contribution in [0.5, 0.6) is 0 Å². The highest BCUT2D eigenvalue weighted by atomic mass is 32.2. The van der Waals surface area contributed by atoms with E-state index in [2.05, 4.69) is 16.5 Å². The van der Waals surface area contributed by atoms with Gasteiger partial charge in [0.1, 0.15) is 23.3 Å². The number of nitrogens with zero attached hydrogens (tertiary/aromatic N) is 3. The number of benzene rings is 2. The van der Waals surface area contributed by atoms with Crippen LogP contribution in [0.1, 0.15) is 17.7 Å². The van der Waals surface area contributed by atoms with E-state index in [1.54, 1.807) is 12.1 Å². The molecule has 1 heterocycles. The minimum atomic E-state index is -0.360. The summed E-state index contributed by atoms with van der Waals surface area (Å²) in [6, 6.07) is 17.5. The van der Waals surface area contributed by atoms with E-state index in [4.69, 9.17) is 5.73 Å². The molecule has 1 aromatic heterocycles. The van der Waals surface area contributed by atoms with Gasteiger partial charge in [-0.1, -0.05) is 18.2 Å². The summed E-state index contributed by atoms with van der Waals surface area (Å²) in [6.45, 7) is 0.475. The molecule has 0 unspecified atom stereocenters. The average Bonchev–Trinajstić information content (AvgIpc) is 3.06. The molecule has 0 bridgehead atoms. The molecule has 29 heavy (non-hydrogen) atoms. The third kappa shape index (κ3) is 5.36. The Morgan fingerprint density at radius 3 is 2.62 bits per heavy atom. The fourth-order valence-electron chi connectivity index (χ4n) is 2.75. The number of thioether (sulfide) groups is 1. The number of hydrogen-bond donors (Lipinski definition) is 2. The molecular weight excluding hydrogens is 389 g/mol. The first kappa shape index (κ1) is 20.4. The number of nitrogens with one attached hydrogen (secondary N) is 1. The number of carbonyl (C=O) groups is 1. The standard InChI is InChI=1S/C21H20FN5OS/c22-15-8-10-16(11-9-15)27-21(24)18(13-23)19(26-27)7-4-12-25-20(28)14-29-17-5-2-1-3-6-17/h1-3,5-6,8-11H,4,7,12,14,24H2,(H,25,28). The van der Waals surface area contributed by atoms with Gasteiger partial charge in [-0.25, -0.2) is 9.07 Å². The third-order valence-electron chi connectivity index (χ3n) is 4.20. The molecule has 0 spiro atoms.